The molecule has 1 aromatic carbocycles. The van der Waals surface area contributed by atoms with E-state index in [1.165, 1.54) is 5.56 Å². The Morgan fingerprint density at radius 2 is 1.63 bits per heavy atom. The van der Waals surface area contributed by atoms with Gasteiger partial charge in [0.1, 0.15) is 0 Å². The fourth-order valence-electron chi connectivity index (χ4n) is 1.75. The summed E-state index contributed by atoms with van der Waals surface area (Å²) in [4.78, 5) is 0. The summed E-state index contributed by atoms with van der Waals surface area (Å²) in [6.07, 6.45) is 5.07. The summed E-state index contributed by atoms with van der Waals surface area (Å²) in [7, 11) is -2.41. The van der Waals surface area contributed by atoms with Crippen LogP contribution in [0.15, 0.2) is 36.4 Å². The highest BCUT2D eigenvalue weighted by Gasteiger charge is 2.33. The van der Waals surface area contributed by atoms with Gasteiger partial charge in [0.25, 0.3) is 0 Å². The normalized spacial score (nSPS) is 12.2. The molecule has 0 saturated carbocycles. The lowest BCUT2D eigenvalue weighted by Crippen LogP contribution is -2.42. The highest BCUT2D eigenvalue weighted by Crippen LogP contribution is 2.10. The van der Waals surface area contributed by atoms with Gasteiger partial charge in [-0.3, -0.25) is 0 Å². The molecule has 0 amide bonds. The molecule has 0 atom stereocenters. The fraction of sp³-hybridized carbons (Fsp3) is 0.467. The summed E-state index contributed by atoms with van der Waals surface area (Å²) in [5, 5.41) is 0. The van der Waals surface area contributed by atoms with Gasteiger partial charge in [-0.2, -0.15) is 0 Å². The van der Waals surface area contributed by atoms with Gasteiger partial charge in [-0.25, -0.2) is 0 Å². The van der Waals surface area contributed by atoms with Gasteiger partial charge in [-0.15, -0.1) is 0 Å². The molecular weight excluding hydrogens is 256 g/mol. The SMILES string of the molecule is CCO[Si](C)(OCC)OCC/C=C/c1ccccc1. The summed E-state index contributed by atoms with van der Waals surface area (Å²) in [6, 6.07) is 10.2. The Morgan fingerprint density at radius 1 is 1.00 bits per heavy atom. The zero-order valence-corrected chi connectivity index (χ0v) is 13.1. The van der Waals surface area contributed by atoms with Crippen LogP contribution in [0.4, 0.5) is 0 Å². The van der Waals surface area contributed by atoms with Gasteiger partial charge >= 0.3 is 8.80 Å². The van der Waals surface area contributed by atoms with Crippen LogP contribution in [0, 0.1) is 0 Å². The highest BCUT2D eigenvalue weighted by molar-refractivity contribution is 6.59. The monoisotopic (exact) mass is 280 g/mol. The van der Waals surface area contributed by atoms with E-state index in [-0.39, 0.29) is 0 Å². The first-order chi connectivity index (χ1) is 9.20. The first-order valence-corrected chi connectivity index (χ1v) is 9.06. The summed E-state index contributed by atoms with van der Waals surface area (Å²) >= 11 is 0. The van der Waals surface area contributed by atoms with Crippen LogP contribution >= 0.6 is 0 Å². The van der Waals surface area contributed by atoms with E-state index in [1.807, 2.05) is 38.6 Å². The van der Waals surface area contributed by atoms with Crippen molar-refractivity contribution in [1.82, 2.24) is 0 Å². The molecule has 0 saturated heterocycles. The summed E-state index contributed by atoms with van der Waals surface area (Å²) in [5.41, 5.74) is 1.21. The molecule has 0 spiro atoms. The van der Waals surface area contributed by atoms with Crippen molar-refractivity contribution in [3.05, 3.63) is 42.0 Å². The number of hydrogen-bond donors (Lipinski definition) is 0. The van der Waals surface area contributed by atoms with E-state index in [1.54, 1.807) is 0 Å². The molecular formula is C15H24O3Si. The second-order valence-corrected chi connectivity index (χ2v) is 6.77. The van der Waals surface area contributed by atoms with Crippen LogP contribution in [0.25, 0.3) is 6.08 Å². The van der Waals surface area contributed by atoms with Crippen molar-refractivity contribution in [2.24, 2.45) is 0 Å². The first-order valence-electron chi connectivity index (χ1n) is 6.83. The lowest BCUT2D eigenvalue weighted by molar-refractivity contribution is 0.0753. The maximum absolute atomic E-state index is 5.79. The van der Waals surface area contributed by atoms with Gasteiger partial charge in [0.2, 0.25) is 0 Å². The van der Waals surface area contributed by atoms with Crippen LogP contribution in [0.5, 0.6) is 0 Å². The quantitative estimate of drug-likeness (QED) is 0.509. The average Bonchev–Trinajstić information content (AvgIpc) is 2.40. The minimum absolute atomic E-state index is 0.628. The van der Waals surface area contributed by atoms with Crippen molar-refractivity contribution < 1.29 is 13.3 Å². The maximum atomic E-state index is 5.79. The van der Waals surface area contributed by atoms with Crippen molar-refractivity contribution in [2.45, 2.75) is 26.8 Å². The summed E-state index contributed by atoms with van der Waals surface area (Å²) < 4.78 is 17.0. The molecule has 19 heavy (non-hydrogen) atoms. The van der Waals surface area contributed by atoms with Crippen LogP contribution in [0.2, 0.25) is 6.55 Å². The Balaban J connectivity index is 2.30. The summed E-state index contributed by atoms with van der Waals surface area (Å²) in [6.45, 7) is 7.75. The van der Waals surface area contributed by atoms with E-state index in [0.717, 1.165) is 6.42 Å². The zero-order chi connectivity index (χ0) is 14.0. The standard InChI is InChI=1S/C15H24O3Si/c1-4-16-19(3,17-5-2)18-14-10-9-13-15-11-7-6-8-12-15/h6-9,11-13H,4-5,10,14H2,1-3H3/b13-9+. The molecule has 1 aromatic rings. The van der Waals surface area contributed by atoms with Crippen LogP contribution < -0.4 is 0 Å². The summed E-state index contributed by atoms with van der Waals surface area (Å²) in [5.74, 6) is 0. The largest absolute Gasteiger partial charge is 0.497 e. The molecule has 0 aliphatic carbocycles. The van der Waals surface area contributed by atoms with Gasteiger partial charge < -0.3 is 13.3 Å². The van der Waals surface area contributed by atoms with Crippen molar-refractivity contribution >= 4 is 14.9 Å². The smallest absolute Gasteiger partial charge is 0.374 e. The fourth-order valence-corrected chi connectivity index (χ4v) is 3.53. The predicted molar refractivity (Wildman–Crippen MR) is 80.9 cm³/mol. The second-order valence-electron chi connectivity index (χ2n) is 4.18. The lowest BCUT2D eigenvalue weighted by atomic mass is 10.2. The van der Waals surface area contributed by atoms with Crippen molar-refractivity contribution in [3.8, 4) is 0 Å². The molecule has 0 aliphatic heterocycles. The Kier molecular flexibility index (Phi) is 7.67. The van der Waals surface area contributed by atoms with Crippen LogP contribution in [-0.4, -0.2) is 28.6 Å². The van der Waals surface area contributed by atoms with E-state index in [4.69, 9.17) is 13.3 Å². The predicted octanol–water partition coefficient (Wildman–Crippen LogP) is 3.75. The molecule has 0 aliphatic rings. The van der Waals surface area contributed by atoms with E-state index in [9.17, 15) is 0 Å². The average molecular weight is 280 g/mol. The van der Waals surface area contributed by atoms with E-state index >= 15 is 0 Å². The highest BCUT2D eigenvalue weighted by atomic mass is 28.4. The number of rotatable bonds is 9. The third-order valence-electron chi connectivity index (χ3n) is 2.57. The van der Waals surface area contributed by atoms with Gasteiger partial charge in [0.05, 0.1) is 0 Å². The Hall–Kier alpha value is -0.943. The Bertz CT molecular complexity index is 359. The zero-order valence-electron chi connectivity index (χ0n) is 12.1. The molecule has 0 radical (unpaired) electrons. The molecule has 0 bridgehead atoms. The van der Waals surface area contributed by atoms with E-state index < -0.39 is 8.80 Å². The van der Waals surface area contributed by atoms with Crippen molar-refractivity contribution in [1.29, 1.82) is 0 Å². The van der Waals surface area contributed by atoms with Crippen molar-refractivity contribution in [2.75, 3.05) is 19.8 Å². The molecule has 0 aromatic heterocycles. The number of benzene rings is 1. The van der Waals surface area contributed by atoms with Gasteiger partial charge in [-0.05, 0) is 25.8 Å². The molecule has 1 rings (SSSR count). The third kappa shape index (κ3) is 6.68. The van der Waals surface area contributed by atoms with E-state index in [0.29, 0.717) is 19.8 Å². The maximum Gasteiger partial charge on any atom is 0.497 e. The third-order valence-corrected chi connectivity index (χ3v) is 4.93. The van der Waals surface area contributed by atoms with Crippen LogP contribution in [0.3, 0.4) is 0 Å². The Morgan fingerprint density at radius 3 is 2.21 bits per heavy atom. The molecule has 3 nitrogen and oxygen atoms in total. The molecule has 0 unspecified atom stereocenters. The second kappa shape index (κ2) is 9.04. The molecule has 106 valence electrons. The Labute approximate surface area is 117 Å². The van der Waals surface area contributed by atoms with E-state index in [2.05, 4.69) is 24.3 Å². The van der Waals surface area contributed by atoms with Crippen LogP contribution in [-0.2, 0) is 13.3 Å². The minimum atomic E-state index is -2.41. The first kappa shape index (κ1) is 16.1. The molecule has 0 N–H and O–H groups in total. The van der Waals surface area contributed by atoms with Gasteiger partial charge in [0.15, 0.2) is 0 Å². The lowest BCUT2D eigenvalue weighted by Gasteiger charge is -2.24. The van der Waals surface area contributed by atoms with Crippen molar-refractivity contribution in [3.63, 3.8) is 0 Å². The molecule has 0 fully saturated rings. The number of hydrogen-bond acceptors (Lipinski definition) is 3. The van der Waals surface area contributed by atoms with Crippen LogP contribution in [0.1, 0.15) is 25.8 Å². The van der Waals surface area contributed by atoms with Gasteiger partial charge in [-0.1, -0.05) is 42.5 Å². The molecule has 4 heteroatoms. The van der Waals surface area contributed by atoms with Gasteiger partial charge in [0, 0.05) is 26.4 Å². The topological polar surface area (TPSA) is 27.7 Å². The minimum Gasteiger partial charge on any atom is -0.374 e. The molecule has 0 heterocycles.